The maximum Gasteiger partial charge on any atom is 0.220 e. The van der Waals surface area contributed by atoms with Crippen LogP contribution in [0.5, 0.6) is 0 Å². The summed E-state index contributed by atoms with van der Waals surface area (Å²) in [7, 11) is 0. The van der Waals surface area contributed by atoms with Gasteiger partial charge in [-0.25, -0.2) is 0 Å². The second-order valence-electron chi connectivity index (χ2n) is 22.5. The molecule has 4 nitrogen and oxygen atoms in total. The highest BCUT2D eigenvalue weighted by molar-refractivity contribution is 5.76. The SMILES string of the molecule is CCCCCCC/C=C\C/C=C\CCCCCCCCCCCCCCCCCC(=O)NC(CO)C(O)CCCCCCCCCCCCCCCCCCCCCCCCCCCCCCCCC. The van der Waals surface area contributed by atoms with Crippen molar-refractivity contribution in [3.63, 3.8) is 0 Å². The summed E-state index contributed by atoms with van der Waals surface area (Å²) in [5.74, 6) is -0.0244. The van der Waals surface area contributed by atoms with Crippen molar-refractivity contribution in [2.75, 3.05) is 6.61 Å². The molecule has 2 unspecified atom stereocenters. The van der Waals surface area contributed by atoms with Gasteiger partial charge in [-0.1, -0.05) is 346 Å². The Hall–Kier alpha value is -1.13. The van der Waals surface area contributed by atoms with Crippen LogP contribution in [0.1, 0.15) is 373 Å². The normalized spacial score (nSPS) is 12.8. The van der Waals surface area contributed by atoms with Crippen LogP contribution in [0.3, 0.4) is 0 Å². The van der Waals surface area contributed by atoms with E-state index in [4.69, 9.17) is 0 Å². The number of hydrogen-bond acceptors (Lipinski definition) is 3. The Morgan fingerprint density at radius 3 is 0.857 bits per heavy atom. The summed E-state index contributed by atoms with van der Waals surface area (Å²) in [5.41, 5.74) is 0. The molecule has 0 aliphatic heterocycles. The van der Waals surface area contributed by atoms with Crippen LogP contribution in [-0.4, -0.2) is 34.9 Å². The van der Waals surface area contributed by atoms with E-state index in [9.17, 15) is 15.0 Å². The molecule has 0 aliphatic rings. The van der Waals surface area contributed by atoms with Gasteiger partial charge in [-0.3, -0.25) is 4.79 Å². The van der Waals surface area contributed by atoms with Crippen molar-refractivity contribution in [1.82, 2.24) is 5.32 Å². The lowest BCUT2D eigenvalue weighted by atomic mass is 10.0. The number of amides is 1. The number of carbonyl (C=O) groups is 1. The van der Waals surface area contributed by atoms with Crippen LogP contribution in [-0.2, 0) is 4.79 Å². The van der Waals surface area contributed by atoms with Crippen molar-refractivity contribution in [1.29, 1.82) is 0 Å². The van der Waals surface area contributed by atoms with E-state index in [1.165, 1.54) is 315 Å². The fourth-order valence-corrected chi connectivity index (χ4v) is 10.5. The molecule has 4 heteroatoms. The first kappa shape index (κ1) is 68.9. The van der Waals surface area contributed by atoms with Crippen LogP contribution in [0.15, 0.2) is 24.3 Å². The minimum Gasteiger partial charge on any atom is -0.394 e. The largest absolute Gasteiger partial charge is 0.394 e. The van der Waals surface area contributed by atoms with Gasteiger partial charge in [-0.2, -0.15) is 0 Å². The van der Waals surface area contributed by atoms with Gasteiger partial charge >= 0.3 is 0 Å². The molecule has 0 saturated heterocycles. The second kappa shape index (κ2) is 62.2. The number of allylic oxidation sites excluding steroid dienone is 4. The highest BCUT2D eigenvalue weighted by atomic mass is 16.3. The number of unbranched alkanes of at least 4 members (excludes halogenated alkanes) is 50. The van der Waals surface area contributed by atoms with Crippen molar-refractivity contribution in [2.45, 2.75) is 386 Å². The summed E-state index contributed by atoms with van der Waals surface area (Å²) in [6.07, 6.45) is 83.5. The minimum absolute atomic E-state index is 0.0244. The molecule has 0 radical (unpaired) electrons. The molecular formula is C66H129NO3. The van der Waals surface area contributed by atoms with E-state index in [1.54, 1.807) is 0 Å². The molecule has 0 aromatic rings. The molecule has 0 saturated carbocycles. The molecule has 0 fully saturated rings. The van der Waals surface area contributed by atoms with Gasteiger partial charge in [-0.15, -0.1) is 0 Å². The zero-order valence-corrected chi connectivity index (χ0v) is 48.1. The molecule has 0 heterocycles. The number of aliphatic hydroxyl groups is 2. The standard InChI is InChI=1S/C66H129NO3/c1-3-5-7-9-11-13-15-17-19-21-23-25-27-29-31-32-33-34-36-37-39-41-43-45-47-49-51-53-55-57-59-61-65(69)64(63-68)67-66(70)62-60-58-56-54-52-50-48-46-44-42-40-38-35-30-28-26-24-22-20-18-16-14-12-10-8-6-4-2/h16,18,22,24,64-65,68-69H,3-15,17,19-21,23,25-63H2,1-2H3,(H,67,70)/b18-16-,24-22-. The van der Waals surface area contributed by atoms with E-state index in [-0.39, 0.29) is 12.5 Å². The summed E-state index contributed by atoms with van der Waals surface area (Å²) in [4.78, 5) is 12.5. The van der Waals surface area contributed by atoms with Crippen LogP contribution in [0, 0.1) is 0 Å². The first-order valence-electron chi connectivity index (χ1n) is 32.5. The third kappa shape index (κ3) is 57.8. The third-order valence-corrected chi connectivity index (χ3v) is 15.5. The zero-order chi connectivity index (χ0) is 50.6. The third-order valence-electron chi connectivity index (χ3n) is 15.5. The number of carbonyl (C=O) groups excluding carboxylic acids is 1. The zero-order valence-electron chi connectivity index (χ0n) is 48.1. The Bertz CT molecular complexity index is 1020. The Morgan fingerprint density at radius 2 is 0.586 bits per heavy atom. The van der Waals surface area contributed by atoms with Crippen LogP contribution in [0.4, 0.5) is 0 Å². The van der Waals surface area contributed by atoms with Gasteiger partial charge in [-0.05, 0) is 44.9 Å². The van der Waals surface area contributed by atoms with Crippen molar-refractivity contribution < 1.29 is 15.0 Å². The van der Waals surface area contributed by atoms with Crippen LogP contribution >= 0.6 is 0 Å². The number of hydrogen-bond donors (Lipinski definition) is 3. The first-order chi connectivity index (χ1) is 34.7. The molecule has 416 valence electrons. The molecular weight excluding hydrogens is 855 g/mol. The monoisotopic (exact) mass is 984 g/mol. The van der Waals surface area contributed by atoms with E-state index in [2.05, 4.69) is 43.5 Å². The maximum absolute atomic E-state index is 12.5. The average Bonchev–Trinajstić information content (AvgIpc) is 3.36. The molecule has 70 heavy (non-hydrogen) atoms. The highest BCUT2D eigenvalue weighted by Crippen LogP contribution is 2.19. The van der Waals surface area contributed by atoms with Crippen molar-refractivity contribution in [3.8, 4) is 0 Å². The fourth-order valence-electron chi connectivity index (χ4n) is 10.5. The van der Waals surface area contributed by atoms with Crippen LogP contribution in [0.25, 0.3) is 0 Å². The van der Waals surface area contributed by atoms with Crippen LogP contribution < -0.4 is 5.32 Å². The molecule has 0 aromatic heterocycles. The Labute approximate surface area is 440 Å². The molecule has 0 spiro atoms. The molecule has 0 aliphatic carbocycles. The lowest BCUT2D eigenvalue weighted by Crippen LogP contribution is -2.45. The Balaban J connectivity index is 3.40. The lowest BCUT2D eigenvalue weighted by Gasteiger charge is -2.22. The van der Waals surface area contributed by atoms with Crippen molar-refractivity contribution in [3.05, 3.63) is 24.3 Å². The molecule has 0 bridgehead atoms. The predicted molar refractivity (Wildman–Crippen MR) is 313 cm³/mol. The quantitative estimate of drug-likeness (QED) is 0.0420. The van der Waals surface area contributed by atoms with E-state index in [0.717, 1.165) is 32.1 Å². The summed E-state index contributed by atoms with van der Waals surface area (Å²) < 4.78 is 0. The Kier molecular flexibility index (Phi) is 61.2. The fraction of sp³-hybridized carbons (Fsp3) is 0.924. The minimum atomic E-state index is -0.660. The molecule has 0 rings (SSSR count). The van der Waals surface area contributed by atoms with Gasteiger partial charge in [0.15, 0.2) is 0 Å². The maximum atomic E-state index is 12.5. The molecule has 2 atom stereocenters. The molecule has 0 aromatic carbocycles. The van der Waals surface area contributed by atoms with Crippen LogP contribution in [0.2, 0.25) is 0 Å². The second-order valence-corrected chi connectivity index (χ2v) is 22.5. The lowest BCUT2D eigenvalue weighted by molar-refractivity contribution is -0.123. The molecule has 3 N–H and O–H groups in total. The van der Waals surface area contributed by atoms with Gasteiger partial charge < -0.3 is 15.5 Å². The molecule has 1 amide bonds. The van der Waals surface area contributed by atoms with Crippen molar-refractivity contribution in [2.24, 2.45) is 0 Å². The number of rotatable bonds is 61. The van der Waals surface area contributed by atoms with E-state index >= 15 is 0 Å². The highest BCUT2D eigenvalue weighted by Gasteiger charge is 2.20. The van der Waals surface area contributed by atoms with Gasteiger partial charge in [0.2, 0.25) is 5.91 Å². The van der Waals surface area contributed by atoms with E-state index < -0.39 is 12.1 Å². The van der Waals surface area contributed by atoms with Gasteiger partial charge in [0.25, 0.3) is 0 Å². The van der Waals surface area contributed by atoms with E-state index in [0.29, 0.717) is 12.8 Å². The van der Waals surface area contributed by atoms with Gasteiger partial charge in [0.1, 0.15) is 0 Å². The topological polar surface area (TPSA) is 69.6 Å². The van der Waals surface area contributed by atoms with E-state index in [1.807, 2.05) is 0 Å². The first-order valence-corrected chi connectivity index (χ1v) is 32.5. The summed E-state index contributed by atoms with van der Waals surface area (Å²) in [6.45, 7) is 4.39. The summed E-state index contributed by atoms with van der Waals surface area (Å²) in [6, 6.07) is -0.536. The van der Waals surface area contributed by atoms with Gasteiger partial charge in [0, 0.05) is 6.42 Å². The Morgan fingerprint density at radius 1 is 0.343 bits per heavy atom. The summed E-state index contributed by atoms with van der Waals surface area (Å²) >= 11 is 0. The average molecular weight is 985 g/mol. The van der Waals surface area contributed by atoms with Crippen molar-refractivity contribution >= 4 is 5.91 Å². The number of aliphatic hydroxyl groups excluding tert-OH is 2. The summed E-state index contributed by atoms with van der Waals surface area (Å²) in [5, 5.41) is 23.4. The van der Waals surface area contributed by atoms with Gasteiger partial charge in [0.05, 0.1) is 18.8 Å². The predicted octanol–water partition coefficient (Wildman–Crippen LogP) is 21.8. The smallest absolute Gasteiger partial charge is 0.220 e. The number of nitrogens with one attached hydrogen (secondary N) is 1.